The van der Waals surface area contributed by atoms with E-state index in [1.54, 1.807) is 0 Å². The zero-order valence-corrected chi connectivity index (χ0v) is 15.1. The van der Waals surface area contributed by atoms with Crippen LogP contribution in [0.25, 0.3) is 0 Å². The number of nitrogens with one attached hydrogen (secondary N) is 1. The predicted octanol–water partition coefficient (Wildman–Crippen LogP) is 3.94. The third-order valence-electron chi connectivity index (χ3n) is 3.68. The Hall–Kier alpha value is -1.07. The number of hydrogen-bond donors (Lipinski definition) is 1. The lowest BCUT2D eigenvalue weighted by Crippen LogP contribution is -2.41. The molecule has 0 radical (unpaired) electrons. The summed E-state index contributed by atoms with van der Waals surface area (Å²) in [5.74, 6) is 0. The zero-order valence-electron chi connectivity index (χ0n) is 13.6. The smallest absolute Gasteiger partial charge is 0.407 e. The van der Waals surface area contributed by atoms with Gasteiger partial charge in [0.2, 0.25) is 0 Å². The number of halogens is 1. The summed E-state index contributed by atoms with van der Waals surface area (Å²) in [5, 5.41) is 2.90. The first-order valence-electron chi connectivity index (χ1n) is 7.79. The molecule has 1 fully saturated rings. The van der Waals surface area contributed by atoms with Crippen LogP contribution in [0, 0.1) is 0 Å². The predicted molar refractivity (Wildman–Crippen MR) is 91.8 cm³/mol. The maximum absolute atomic E-state index is 11.8. The van der Waals surface area contributed by atoms with Crippen LogP contribution in [0.15, 0.2) is 28.7 Å². The van der Waals surface area contributed by atoms with Crippen LogP contribution < -0.4 is 5.32 Å². The van der Waals surface area contributed by atoms with Gasteiger partial charge in [-0.15, -0.1) is 0 Å². The van der Waals surface area contributed by atoms with Crippen molar-refractivity contribution in [1.29, 1.82) is 0 Å². The monoisotopic (exact) mass is 368 g/mol. The van der Waals surface area contributed by atoms with Gasteiger partial charge in [-0.25, -0.2) is 4.79 Å². The molecular formula is C17H25BrN2O2. The molecule has 1 aromatic rings. The van der Waals surface area contributed by atoms with Gasteiger partial charge in [0.15, 0.2) is 0 Å². The number of carbonyl (C=O) groups excluding carboxylic acids is 1. The summed E-state index contributed by atoms with van der Waals surface area (Å²) in [6.45, 7) is 8.28. The fourth-order valence-corrected chi connectivity index (χ4v) is 2.94. The van der Waals surface area contributed by atoms with Crippen molar-refractivity contribution in [3.63, 3.8) is 0 Å². The minimum Gasteiger partial charge on any atom is -0.444 e. The molecule has 22 heavy (non-hydrogen) atoms. The number of alkyl carbamates (subject to hydrolysis) is 1. The van der Waals surface area contributed by atoms with E-state index >= 15 is 0 Å². The number of nitrogens with zero attached hydrogens (tertiary/aromatic N) is 1. The van der Waals surface area contributed by atoms with Crippen LogP contribution in [0.3, 0.4) is 0 Å². The lowest BCUT2D eigenvalue weighted by atomic mass is 10.2. The number of likely N-dealkylation sites (tertiary alicyclic amines) is 1. The largest absolute Gasteiger partial charge is 0.444 e. The molecule has 5 heteroatoms. The molecule has 0 aromatic heterocycles. The molecule has 1 saturated heterocycles. The van der Waals surface area contributed by atoms with Gasteiger partial charge in [-0.05, 0) is 57.9 Å². The number of hydrogen-bond acceptors (Lipinski definition) is 3. The molecule has 0 unspecified atom stereocenters. The first-order chi connectivity index (χ1) is 10.3. The minimum atomic E-state index is -0.448. The molecule has 0 spiro atoms. The Bertz CT molecular complexity index is 496. The lowest BCUT2D eigenvalue weighted by molar-refractivity contribution is 0.0512. The molecule has 0 aliphatic carbocycles. The van der Waals surface area contributed by atoms with Crippen molar-refractivity contribution in [2.45, 2.75) is 51.8 Å². The molecule has 0 saturated carbocycles. The number of amides is 1. The van der Waals surface area contributed by atoms with Crippen molar-refractivity contribution in [1.82, 2.24) is 10.2 Å². The quantitative estimate of drug-likeness (QED) is 0.874. The van der Waals surface area contributed by atoms with Gasteiger partial charge in [0.25, 0.3) is 0 Å². The second-order valence-corrected chi connectivity index (χ2v) is 7.69. The van der Waals surface area contributed by atoms with Crippen LogP contribution in [0.1, 0.15) is 39.2 Å². The van der Waals surface area contributed by atoms with E-state index in [-0.39, 0.29) is 6.09 Å². The highest BCUT2D eigenvalue weighted by Crippen LogP contribution is 2.20. The van der Waals surface area contributed by atoms with Gasteiger partial charge < -0.3 is 10.1 Å². The Labute approximate surface area is 141 Å². The van der Waals surface area contributed by atoms with Gasteiger partial charge in [-0.2, -0.15) is 0 Å². The van der Waals surface area contributed by atoms with E-state index < -0.39 is 5.60 Å². The van der Waals surface area contributed by atoms with Crippen molar-refractivity contribution >= 4 is 22.0 Å². The third-order valence-corrected chi connectivity index (χ3v) is 4.21. The average Bonchev–Trinajstić information content (AvgIpc) is 2.84. The maximum atomic E-state index is 11.8. The first kappa shape index (κ1) is 17.3. The SMILES string of the molecule is CC(C)(C)OC(=O)NC[C@@H]1CCCN1Cc1ccc(Br)cc1. The summed E-state index contributed by atoms with van der Waals surface area (Å²) < 4.78 is 6.39. The normalized spacial score (nSPS) is 19.2. The maximum Gasteiger partial charge on any atom is 0.407 e. The van der Waals surface area contributed by atoms with Gasteiger partial charge in [0.1, 0.15) is 5.60 Å². The summed E-state index contributed by atoms with van der Waals surface area (Å²) in [6, 6.07) is 8.80. The molecular weight excluding hydrogens is 344 g/mol. The summed E-state index contributed by atoms with van der Waals surface area (Å²) in [7, 11) is 0. The molecule has 1 amide bonds. The van der Waals surface area contributed by atoms with Gasteiger partial charge in [-0.3, -0.25) is 4.90 Å². The molecule has 1 atom stereocenters. The fourth-order valence-electron chi connectivity index (χ4n) is 2.67. The zero-order chi connectivity index (χ0) is 16.2. The lowest BCUT2D eigenvalue weighted by Gasteiger charge is -2.26. The van der Waals surface area contributed by atoms with E-state index in [4.69, 9.17) is 4.74 Å². The van der Waals surface area contributed by atoms with Crippen molar-refractivity contribution in [2.24, 2.45) is 0 Å². The van der Waals surface area contributed by atoms with Crippen LogP contribution in [0.5, 0.6) is 0 Å². The van der Waals surface area contributed by atoms with Gasteiger partial charge >= 0.3 is 6.09 Å². The highest BCUT2D eigenvalue weighted by molar-refractivity contribution is 9.10. The highest BCUT2D eigenvalue weighted by Gasteiger charge is 2.25. The van der Waals surface area contributed by atoms with E-state index in [1.165, 1.54) is 12.0 Å². The molecule has 1 aliphatic heterocycles. The van der Waals surface area contributed by atoms with E-state index in [2.05, 4.69) is 50.4 Å². The number of benzene rings is 1. The highest BCUT2D eigenvalue weighted by atomic mass is 79.9. The summed E-state index contributed by atoms with van der Waals surface area (Å²) >= 11 is 3.46. The van der Waals surface area contributed by atoms with Gasteiger partial charge in [0, 0.05) is 23.6 Å². The first-order valence-corrected chi connectivity index (χ1v) is 8.58. The van der Waals surface area contributed by atoms with Gasteiger partial charge in [-0.1, -0.05) is 28.1 Å². The molecule has 122 valence electrons. The van der Waals surface area contributed by atoms with Crippen molar-refractivity contribution in [2.75, 3.05) is 13.1 Å². The Morgan fingerprint density at radius 3 is 2.68 bits per heavy atom. The van der Waals surface area contributed by atoms with E-state index in [0.717, 1.165) is 24.0 Å². The third kappa shape index (κ3) is 5.61. The second-order valence-electron chi connectivity index (χ2n) is 6.78. The van der Waals surface area contributed by atoms with Gasteiger partial charge in [0.05, 0.1) is 0 Å². The molecule has 4 nitrogen and oxygen atoms in total. The Kier molecular flexibility index (Phi) is 5.87. The van der Waals surface area contributed by atoms with Crippen LogP contribution in [-0.4, -0.2) is 35.7 Å². The summed E-state index contributed by atoms with van der Waals surface area (Å²) in [4.78, 5) is 14.2. The fraction of sp³-hybridized carbons (Fsp3) is 0.588. The Morgan fingerprint density at radius 1 is 1.36 bits per heavy atom. The molecule has 1 aromatic carbocycles. The Balaban J connectivity index is 1.83. The standard InChI is InChI=1S/C17H25BrN2O2/c1-17(2,3)22-16(21)19-11-15-5-4-10-20(15)12-13-6-8-14(18)9-7-13/h6-9,15H,4-5,10-12H2,1-3H3,(H,19,21)/t15-/m0/s1. The topological polar surface area (TPSA) is 41.6 Å². The molecule has 2 rings (SSSR count). The van der Waals surface area contributed by atoms with E-state index in [0.29, 0.717) is 12.6 Å². The second kappa shape index (κ2) is 7.47. The minimum absolute atomic E-state index is 0.331. The van der Waals surface area contributed by atoms with Crippen LogP contribution in [0.4, 0.5) is 4.79 Å². The molecule has 0 bridgehead atoms. The average molecular weight is 369 g/mol. The van der Waals surface area contributed by atoms with Crippen LogP contribution >= 0.6 is 15.9 Å². The molecule has 1 aliphatic rings. The van der Waals surface area contributed by atoms with Crippen molar-refractivity contribution in [3.8, 4) is 0 Å². The van der Waals surface area contributed by atoms with Crippen molar-refractivity contribution in [3.05, 3.63) is 34.3 Å². The molecule has 1 heterocycles. The summed E-state index contributed by atoms with van der Waals surface area (Å²) in [6.07, 6.45) is 1.96. The van der Waals surface area contributed by atoms with Crippen LogP contribution in [0.2, 0.25) is 0 Å². The van der Waals surface area contributed by atoms with E-state index in [1.807, 2.05) is 20.8 Å². The van der Waals surface area contributed by atoms with E-state index in [9.17, 15) is 4.79 Å². The summed E-state index contributed by atoms with van der Waals surface area (Å²) in [5.41, 5.74) is 0.851. The van der Waals surface area contributed by atoms with Crippen molar-refractivity contribution < 1.29 is 9.53 Å². The number of ether oxygens (including phenoxy) is 1. The Morgan fingerprint density at radius 2 is 2.05 bits per heavy atom. The number of carbonyl (C=O) groups is 1. The molecule has 1 N–H and O–H groups in total. The number of rotatable bonds is 4. The van der Waals surface area contributed by atoms with Crippen LogP contribution in [-0.2, 0) is 11.3 Å².